The number of allylic oxidation sites excluding steroid dienone is 3. The SMILES string of the molecule is C=C/C(=C\C=C\S(=O)(=O)O)N=Nc1ccc(N=Nc2c(S(=O)(=O)O)cc3c(S(=O)(=O)O)ccc(NC(C)=O)c3c2O)c2cc(S(=O)(=O)O)ccc12. The Balaban J connectivity index is 2.01. The van der Waals surface area contributed by atoms with Crippen molar-refractivity contribution in [3.05, 3.63) is 84.4 Å². The lowest BCUT2D eigenvalue weighted by Crippen LogP contribution is -2.08. The van der Waals surface area contributed by atoms with E-state index >= 15 is 0 Å². The number of carbonyl (C=O) groups excluding carboxylic acids is 1. The van der Waals surface area contributed by atoms with Crippen LogP contribution >= 0.6 is 0 Å². The van der Waals surface area contributed by atoms with E-state index in [9.17, 15) is 57.2 Å². The van der Waals surface area contributed by atoms with E-state index in [1.165, 1.54) is 24.3 Å². The number of phenols is 1. The van der Waals surface area contributed by atoms with E-state index < -0.39 is 83.3 Å². The van der Waals surface area contributed by atoms with Crippen LogP contribution in [0.2, 0.25) is 0 Å². The van der Waals surface area contributed by atoms with E-state index in [2.05, 4.69) is 32.4 Å². The minimum Gasteiger partial charge on any atom is -0.505 e. The third kappa shape index (κ3) is 9.10. The molecular weight excluding hydrogens is 759 g/mol. The van der Waals surface area contributed by atoms with Crippen LogP contribution in [0, 0.1) is 0 Å². The number of rotatable bonds is 11. The van der Waals surface area contributed by atoms with Gasteiger partial charge < -0.3 is 10.4 Å². The number of azo groups is 2. The van der Waals surface area contributed by atoms with E-state index in [0.717, 1.165) is 43.3 Å². The van der Waals surface area contributed by atoms with Gasteiger partial charge in [-0.25, -0.2) is 0 Å². The molecule has 0 spiro atoms. The van der Waals surface area contributed by atoms with Crippen molar-refractivity contribution in [3.63, 3.8) is 0 Å². The molecule has 0 unspecified atom stereocenters. The number of nitrogens with zero attached hydrogens (tertiary/aromatic N) is 4. The number of phenolic OH excluding ortho intramolecular Hbond substituents is 1. The van der Waals surface area contributed by atoms with Gasteiger partial charge in [0.25, 0.3) is 40.5 Å². The highest BCUT2D eigenvalue weighted by molar-refractivity contribution is 7.88. The largest absolute Gasteiger partial charge is 0.505 e. The molecule has 0 atom stereocenters. The minimum absolute atomic E-state index is 0.00155. The Morgan fingerprint density at radius 1 is 0.745 bits per heavy atom. The maximum absolute atomic E-state index is 12.4. The predicted molar refractivity (Wildman–Crippen MR) is 181 cm³/mol. The molecule has 6 N–H and O–H groups in total. The van der Waals surface area contributed by atoms with Crippen LogP contribution in [0.3, 0.4) is 0 Å². The van der Waals surface area contributed by atoms with Crippen LogP contribution in [0.25, 0.3) is 21.5 Å². The fourth-order valence-corrected chi connectivity index (χ4v) is 6.58. The van der Waals surface area contributed by atoms with Crippen molar-refractivity contribution in [2.45, 2.75) is 21.6 Å². The fraction of sp³-hybridized carbons (Fsp3) is 0.0357. The van der Waals surface area contributed by atoms with Crippen LogP contribution in [0.15, 0.2) is 120 Å². The van der Waals surface area contributed by atoms with Gasteiger partial charge in [-0.05, 0) is 60.7 Å². The third-order valence-electron chi connectivity index (χ3n) is 6.54. The lowest BCUT2D eigenvalue weighted by Gasteiger charge is -2.15. The topological polar surface area (TPSA) is 316 Å². The molecule has 0 aromatic heterocycles. The predicted octanol–water partition coefficient (Wildman–Crippen LogP) is 5.37. The second-order valence-corrected chi connectivity index (χ2v) is 15.6. The molecule has 268 valence electrons. The molecule has 0 aliphatic heterocycles. The molecule has 0 saturated heterocycles. The summed E-state index contributed by atoms with van der Waals surface area (Å²) < 4.78 is 133. The Labute approximate surface area is 289 Å². The zero-order valence-electron chi connectivity index (χ0n) is 25.5. The summed E-state index contributed by atoms with van der Waals surface area (Å²) >= 11 is 0. The molecule has 4 aromatic rings. The number of amides is 1. The average Bonchev–Trinajstić information content (AvgIpc) is 2.99. The summed E-state index contributed by atoms with van der Waals surface area (Å²) in [4.78, 5) is 9.12. The summed E-state index contributed by atoms with van der Waals surface area (Å²) in [6.45, 7) is 4.58. The molecule has 51 heavy (non-hydrogen) atoms. The van der Waals surface area contributed by atoms with Gasteiger partial charge in [0.05, 0.1) is 38.4 Å². The monoisotopic (exact) mass is 781 g/mol. The molecule has 0 aliphatic rings. The second kappa shape index (κ2) is 14.2. The molecule has 19 nitrogen and oxygen atoms in total. The molecule has 0 heterocycles. The van der Waals surface area contributed by atoms with Gasteiger partial charge in [0.1, 0.15) is 15.5 Å². The highest BCUT2D eigenvalue weighted by atomic mass is 32.2. The summed E-state index contributed by atoms with van der Waals surface area (Å²) in [5.74, 6) is -1.83. The van der Waals surface area contributed by atoms with Gasteiger partial charge in [0.15, 0.2) is 5.75 Å². The zero-order valence-corrected chi connectivity index (χ0v) is 28.7. The van der Waals surface area contributed by atoms with E-state index in [0.29, 0.717) is 11.5 Å². The number of hydrogen-bond acceptors (Lipinski definition) is 14. The fourth-order valence-electron chi connectivity index (χ4n) is 4.47. The molecule has 0 saturated carbocycles. The van der Waals surface area contributed by atoms with E-state index in [1.807, 2.05) is 0 Å². The first kappa shape index (κ1) is 38.5. The van der Waals surface area contributed by atoms with Crippen molar-refractivity contribution in [1.29, 1.82) is 0 Å². The molecule has 0 radical (unpaired) electrons. The molecule has 4 rings (SSSR count). The second-order valence-electron chi connectivity index (χ2n) is 10.1. The van der Waals surface area contributed by atoms with Crippen molar-refractivity contribution < 1.29 is 61.8 Å². The normalized spacial score (nSPS) is 13.5. The van der Waals surface area contributed by atoms with Gasteiger partial charge >= 0.3 is 0 Å². The molecule has 0 fully saturated rings. The van der Waals surface area contributed by atoms with Crippen molar-refractivity contribution in [3.8, 4) is 5.75 Å². The van der Waals surface area contributed by atoms with Crippen molar-refractivity contribution >= 4 is 90.7 Å². The van der Waals surface area contributed by atoms with Crippen molar-refractivity contribution in [1.82, 2.24) is 0 Å². The van der Waals surface area contributed by atoms with Gasteiger partial charge in [-0.15, -0.1) is 15.3 Å². The quantitative estimate of drug-likeness (QED) is 0.0633. The number of hydrogen-bond donors (Lipinski definition) is 6. The highest BCUT2D eigenvalue weighted by Gasteiger charge is 2.27. The number of anilines is 1. The number of fused-ring (bicyclic) bond motifs is 2. The molecular formula is C28H23N5O14S4. The van der Waals surface area contributed by atoms with Crippen LogP contribution < -0.4 is 5.32 Å². The number of nitrogens with one attached hydrogen (secondary N) is 1. The van der Waals surface area contributed by atoms with E-state index in [1.54, 1.807) is 0 Å². The molecule has 4 aromatic carbocycles. The summed E-state index contributed by atoms with van der Waals surface area (Å²) in [5.41, 5.74) is -1.46. The number of carbonyl (C=O) groups is 1. The zero-order chi connectivity index (χ0) is 38.1. The van der Waals surface area contributed by atoms with Crippen LogP contribution in [0.1, 0.15) is 6.92 Å². The Hall–Kier alpha value is -5.27. The highest BCUT2D eigenvalue weighted by Crippen LogP contribution is 2.46. The Kier molecular flexibility index (Phi) is 10.7. The standard InChI is InChI=1S/C28H23N5O14S4/c1-3-16(5-4-12-48(36,37)38)30-31-21-8-9-22(19-13-17(49(39,40)41)6-7-18(19)21)32-33-27-25(51(45,46)47)14-20-24(50(42,43)44)11-10-23(29-15(2)34)26(20)28(27)35/h3-14,35H,1H2,2H3,(H,29,34)(H,36,37,38)(H,39,40,41)(H,42,43,44)(H,45,46,47)/b12-4+,16-5+,31-30?,33-32?. The van der Waals surface area contributed by atoms with Gasteiger partial charge in [0, 0.05) is 23.1 Å². The average molecular weight is 782 g/mol. The minimum atomic E-state index is -5.34. The summed E-state index contributed by atoms with van der Waals surface area (Å²) in [7, 11) is -19.7. The molecule has 0 bridgehead atoms. The molecule has 23 heteroatoms. The maximum atomic E-state index is 12.4. The number of benzene rings is 4. The number of aromatic hydroxyl groups is 1. The Morgan fingerprint density at radius 3 is 1.92 bits per heavy atom. The van der Waals surface area contributed by atoms with E-state index in [4.69, 9.17) is 4.55 Å². The first-order valence-corrected chi connectivity index (χ1v) is 19.2. The Bertz CT molecular complexity index is 2720. The Morgan fingerprint density at radius 2 is 1.37 bits per heavy atom. The van der Waals surface area contributed by atoms with Gasteiger partial charge in [-0.3, -0.25) is 23.0 Å². The van der Waals surface area contributed by atoms with Gasteiger partial charge in [-0.1, -0.05) is 12.6 Å². The molecule has 1 amide bonds. The molecule has 0 aliphatic carbocycles. The van der Waals surface area contributed by atoms with Gasteiger partial charge in [-0.2, -0.15) is 38.8 Å². The van der Waals surface area contributed by atoms with Crippen LogP contribution in [-0.4, -0.2) is 62.9 Å². The van der Waals surface area contributed by atoms with Crippen LogP contribution in [-0.2, 0) is 45.3 Å². The lowest BCUT2D eigenvalue weighted by atomic mass is 10.1. The van der Waals surface area contributed by atoms with Crippen molar-refractivity contribution in [2.75, 3.05) is 5.32 Å². The van der Waals surface area contributed by atoms with Crippen molar-refractivity contribution in [2.24, 2.45) is 20.5 Å². The first-order chi connectivity index (χ1) is 23.5. The van der Waals surface area contributed by atoms with Gasteiger partial charge in [0.2, 0.25) is 5.91 Å². The van der Waals surface area contributed by atoms with Crippen LogP contribution in [0.5, 0.6) is 5.75 Å². The summed E-state index contributed by atoms with van der Waals surface area (Å²) in [6, 6.07) is 7.92. The summed E-state index contributed by atoms with van der Waals surface area (Å²) in [5, 5.41) is 28.5. The lowest BCUT2D eigenvalue weighted by molar-refractivity contribution is -0.114. The van der Waals surface area contributed by atoms with E-state index in [-0.39, 0.29) is 33.5 Å². The first-order valence-electron chi connectivity index (χ1n) is 13.4. The summed E-state index contributed by atoms with van der Waals surface area (Å²) in [6.07, 6.45) is 3.25. The van der Waals surface area contributed by atoms with Crippen LogP contribution in [0.4, 0.5) is 22.7 Å². The smallest absolute Gasteiger partial charge is 0.296 e. The third-order valence-corrected chi connectivity index (χ3v) is 9.67. The maximum Gasteiger partial charge on any atom is 0.296 e.